The highest BCUT2D eigenvalue weighted by molar-refractivity contribution is 6.27. The summed E-state index contributed by atoms with van der Waals surface area (Å²) in [7, 11) is 0. The second kappa shape index (κ2) is 14.3. The third kappa shape index (κ3) is 8.16. The molecular weight excluding hydrogens is 543 g/mol. The molecule has 1 saturated heterocycles. The van der Waals surface area contributed by atoms with Crippen LogP contribution in [-0.2, 0) is 27.3 Å². The van der Waals surface area contributed by atoms with Crippen molar-refractivity contribution in [3.05, 3.63) is 84.2 Å². The molecule has 0 bridgehead atoms. The summed E-state index contributed by atoms with van der Waals surface area (Å²) in [5.74, 6) is -1.82. The second-order valence-corrected chi connectivity index (χ2v) is 10.0. The summed E-state index contributed by atoms with van der Waals surface area (Å²) in [6, 6.07) is 16.7. The number of carbonyl (C=O) groups is 3. The fourth-order valence-corrected chi connectivity index (χ4v) is 4.97. The number of hydrogen-bond donors (Lipinski definition) is 2. The lowest BCUT2D eigenvalue weighted by Gasteiger charge is -2.33. The van der Waals surface area contributed by atoms with Crippen molar-refractivity contribution in [3.8, 4) is 0 Å². The molecule has 0 radical (unpaired) electrons. The van der Waals surface area contributed by atoms with Crippen LogP contribution in [0.25, 0.3) is 11.0 Å². The largest absolute Gasteiger partial charge is 0.473 e. The van der Waals surface area contributed by atoms with E-state index in [1.807, 2.05) is 24.3 Å². The summed E-state index contributed by atoms with van der Waals surface area (Å²) in [5.41, 5.74) is 3.18. The van der Waals surface area contributed by atoms with E-state index in [1.54, 1.807) is 30.3 Å². The number of halogens is 1. The topological polar surface area (TPSA) is 142 Å². The first-order chi connectivity index (χ1) is 20.2. The number of imidazole rings is 1. The minimum atomic E-state index is -1.82. The van der Waals surface area contributed by atoms with Crippen molar-refractivity contribution in [2.24, 2.45) is 5.92 Å². The van der Waals surface area contributed by atoms with Crippen molar-refractivity contribution >= 4 is 34.8 Å². The minimum Gasteiger partial charge on any atom is -0.473 e. The molecular formula is C30H33FN6O5. The van der Waals surface area contributed by atoms with Crippen LogP contribution in [-0.4, -0.2) is 78.7 Å². The number of aromatic nitrogens is 4. The maximum absolute atomic E-state index is 13.4. The van der Waals surface area contributed by atoms with E-state index >= 15 is 0 Å². The summed E-state index contributed by atoms with van der Waals surface area (Å²) in [6.45, 7) is 5.59. The maximum Gasteiger partial charge on any atom is 0.414 e. The van der Waals surface area contributed by atoms with Gasteiger partial charge in [-0.25, -0.2) is 28.9 Å². The van der Waals surface area contributed by atoms with Gasteiger partial charge in [0.15, 0.2) is 0 Å². The summed E-state index contributed by atoms with van der Waals surface area (Å²) >= 11 is 0. The van der Waals surface area contributed by atoms with Gasteiger partial charge in [-0.15, -0.1) is 0 Å². The van der Waals surface area contributed by atoms with Gasteiger partial charge >= 0.3 is 11.9 Å². The zero-order chi connectivity index (χ0) is 30.1. The fourth-order valence-electron chi connectivity index (χ4n) is 4.97. The molecule has 0 spiro atoms. The molecule has 4 aromatic rings. The van der Waals surface area contributed by atoms with Crippen LogP contribution in [0.5, 0.6) is 0 Å². The van der Waals surface area contributed by atoms with E-state index in [9.17, 15) is 9.18 Å². The van der Waals surface area contributed by atoms with E-state index in [0.29, 0.717) is 25.0 Å². The number of fused-ring (bicyclic) bond motifs is 1. The average Bonchev–Trinajstić information content (AvgIpc) is 3.32. The van der Waals surface area contributed by atoms with Crippen molar-refractivity contribution in [3.63, 3.8) is 0 Å². The number of amides is 1. The molecule has 11 nitrogen and oxygen atoms in total. The molecule has 1 amide bonds. The Morgan fingerprint density at radius 1 is 0.952 bits per heavy atom. The van der Waals surface area contributed by atoms with Gasteiger partial charge in [0.05, 0.1) is 11.0 Å². The summed E-state index contributed by atoms with van der Waals surface area (Å²) in [4.78, 5) is 47.8. The van der Waals surface area contributed by atoms with Gasteiger partial charge in [-0.2, -0.15) is 0 Å². The average molecular weight is 577 g/mol. The normalized spacial score (nSPS) is 13.8. The van der Waals surface area contributed by atoms with Gasteiger partial charge in [-0.05, 0) is 67.7 Å². The van der Waals surface area contributed by atoms with Crippen molar-refractivity contribution in [1.82, 2.24) is 24.4 Å². The molecule has 42 heavy (non-hydrogen) atoms. The smallest absolute Gasteiger partial charge is 0.414 e. The van der Waals surface area contributed by atoms with E-state index in [1.165, 1.54) is 12.1 Å². The Kier molecular flexibility index (Phi) is 10.3. The number of aliphatic carboxylic acids is 2. The van der Waals surface area contributed by atoms with Crippen LogP contribution in [0, 0.1) is 11.7 Å². The minimum absolute atomic E-state index is 0.0452. The number of benzene rings is 2. The van der Waals surface area contributed by atoms with Crippen molar-refractivity contribution in [1.29, 1.82) is 0 Å². The lowest BCUT2D eigenvalue weighted by atomic mass is 9.93. The van der Waals surface area contributed by atoms with Crippen LogP contribution >= 0.6 is 0 Å². The van der Waals surface area contributed by atoms with Gasteiger partial charge < -0.3 is 19.7 Å². The monoisotopic (exact) mass is 576 g/mol. The van der Waals surface area contributed by atoms with Gasteiger partial charge in [0.25, 0.3) is 0 Å². The predicted molar refractivity (Wildman–Crippen MR) is 153 cm³/mol. The maximum atomic E-state index is 13.4. The SMILES string of the molecule is CC(=O)N(CCN1CCC(Cc2nc3ccccc3n2Cc2ccc(F)cc2)CC1)c1ncccn1.O=C(O)C(=O)O. The molecule has 0 atom stereocenters. The zero-order valence-electron chi connectivity index (χ0n) is 23.3. The Bertz CT molecular complexity index is 1490. The molecule has 12 heteroatoms. The number of para-hydroxylation sites is 2. The number of rotatable bonds is 8. The Morgan fingerprint density at radius 3 is 2.21 bits per heavy atom. The molecule has 5 rings (SSSR count). The highest BCUT2D eigenvalue weighted by atomic mass is 19.1. The predicted octanol–water partition coefficient (Wildman–Crippen LogP) is 3.48. The Labute approximate surface area is 242 Å². The molecule has 0 unspecified atom stereocenters. The first-order valence-corrected chi connectivity index (χ1v) is 13.6. The van der Waals surface area contributed by atoms with Crippen molar-refractivity contribution in [2.45, 2.75) is 32.7 Å². The number of carboxylic acids is 2. The first-order valence-electron chi connectivity index (χ1n) is 13.6. The summed E-state index contributed by atoms with van der Waals surface area (Å²) in [6.07, 6.45) is 6.41. The number of carboxylic acid groups (broad SMARTS) is 2. The number of hydrogen-bond acceptors (Lipinski definition) is 7. The molecule has 2 aromatic heterocycles. The van der Waals surface area contributed by atoms with E-state index in [-0.39, 0.29) is 11.7 Å². The highest BCUT2D eigenvalue weighted by Gasteiger charge is 2.23. The molecule has 0 aliphatic carbocycles. The van der Waals surface area contributed by atoms with Crippen LogP contribution in [0.2, 0.25) is 0 Å². The fraction of sp³-hybridized carbons (Fsp3) is 0.333. The van der Waals surface area contributed by atoms with E-state index in [4.69, 9.17) is 24.8 Å². The highest BCUT2D eigenvalue weighted by Crippen LogP contribution is 2.25. The number of anilines is 1. The molecule has 2 N–H and O–H groups in total. The number of carbonyl (C=O) groups excluding carboxylic acids is 1. The van der Waals surface area contributed by atoms with Crippen molar-refractivity contribution in [2.75, 3.05) is 31.1 Å². The standard InChI is InChI=1S/C28H31FN6O.C2H2O4/c1-21(36)34(28-30-13-4-14-31-28)18-17-33-15-11-22(12-16-33)19-27-32-25-5-2-3-6-26(25)35(27)20-23-7-9-24(29)10-8-23;3-1(4)2(5)6/h2-10,13-14,22H,11-12,15-20H2,1H3;(H,3,4)(H,5,6). The van der Waals surface area contributed by atoms with Crippen LogP contribution in [0.15, 0.2) is 67.0 Å². The van der Waals surface area contributed by atoms with Crippen molar-refractivity contribution < 1.29 is 29.0 Å². The lowest BCUT2D eigenvalue weighted by molar-refractivity contribution is -0.159. The van der Waals surface area contributed by atoms with E-state index in [0.717, 1.165) is 61.3 Å². The second-order valence-electron chi connectivity index (χ2n) is 10.0. The van der Waals surface area contributed by atoms with Gasteiger partial charge in [-0.1, -0.05) is 24.3 Å². The molecule has 0 saturated carbocycles. The Hall–Kier alpha value is -4.71. The van der Waals surface area contributed by atoms with Gasteiger partial charge in [0, 0.05) is 45.4 Å². The summed E-state index contributed by atoms with van der Waals surface area (Å²) < 4.78 is 15.7. The third-order valence-electron chi connectivity index (χ3n) is 7.16. The molecule has 2 aromatic carbocycles. The molecule has 3 heterocycles. The number of likely N-dealkylation sites (tertiary alicyclic amines) is 1. The zero-order valence-corrected chi connectivity index (χ0v) is 23.3. The molecule has 1 aliphatic heterocycles. The van der Waals surface area contributed by atoms with E-state index < -0.39 is 11.9 Å². The third-order valence-corrected chi connectivity index (χ3v) is 7.16. The Balaban J connectivity index is 0.000000612. The van der Waals surface area contributed by atoms with Gasteiger partial charge in [0.2, 0.25) is 11.9 Å². The number of piperidine rings is 1. The van der Waals surface area contributed by atoms with Gasteiger partial charge in [0.1, 0.15) is 11.6 Å². The molecule has 220 valence electrons. The first kappa shape index (κ1) is 30.3. The van der Waals surface area contributed by atoms with Gasteiger partial charge in [-0.3, -0.25) is 9.69 Å². The molecule has 1 aliphatic rings. The lowest BCUT2D eigenvalue weighted by Crippen LogP contribution is -2.42. The van der Waals surface area contributed by atoms with Crippen LogP contribution in [0.4, 0.5) is 10.3 Å². The van der Waals surface area contributed by atoms with Crippen LogP contribution in [0.3, 0.4) is 0 Å². The van der Waals surface area contributed by atoms with Crippen LogP contribution < -0.4 is 4.90 Å². The van der Waals surface area contributed by atoms with Crippen LogP contribution in [0.1, 0.15) is 31.2 Å². The quantitative estimate of drug-likeness (QED) is 0.302. The Morgan fingerprint density at radius 2 is 1.60 bits per heavy atom. The molecule has 1 fully saturated rings. The number of nitrogens with zero attached hydrogens (tertiary/aromatic N) is 6. The van der Waals surface area contributed by atoms with E-state index in [2.05, 4.69) is 31.6 Å². The summed E-state index contributed by atoms with van der Waals surface area (Å²) in [5, 5.41) is 14.8.